The molecule has 3 saturated carbocycles. The fourth-order valence-corrected chi connectivity index (χ4v) is 3.14. The highest BCUT2D eigenvalue weighted by molar-refractivity contribution is 5.81. The highest BCUT2D eigenvalue weighted by atomic mass is 16.5. The van der Waals surface area contributed by atoms with Crippen LogP contribution in [0.5, 0.6) is 0 Å². The Balaban J connectivity index is 1.96. The van der Waals surface area contributed by atoms with Crippen molar-refractivity contribution >= 4 is 12.1 Å². The largest absolute Gasteiger partial charge is 0.480 e. The van der Waals surface area contributed by atoms with Gasteiger partial charge in [0.15, 0.2) is 0 Å². The van der Waals surface area contributed by atoms with Crippen LogP contribution in [0.25, 0.3) is 0 Å². The van der Waals surface area contributed by atoms with Gasteiger partial charge in [-0.1, -0.05) is 12.7 Å². The SMILES string of the molecule is C=CCOC(=O)NC(C(=O)O)C12CCC(C1)C2. The van der Waals surface area contributed by atoms with Crippen LogP contribution in [0.2, 0.25) is 0 Å². The summed E-state index contributed by atoms with van der Waals surface area (Å²) in [7, 11) is 0. The summed E-state index contributed by atoms with van der Waals surface area (Å²) in [6, 6.07) is -0.821. The summed E-state index contributed by atoms with van der Waals surface area (Å²) in [6.45, 7) is 3.52. The minimum absolute atomic E-state index is 0.0911. The molecule has 5 heteroatoms. The number of aliphatic carboxylic acids is 1. The van der Waals surface area contributed by atoms with Gasteiger partial charge in [-0.3, -0.25) is 0 Å². The molecule has 2 bridgehead atoms. The van der Waals surface area contributed by atoms with Gasteiger partial charge in [-0.25, -0.2) is 9.59 Å². The molecule has 17 heavy (non-hydrogen) atoms. The first kappa shape index (κ1) is 12.0. The van der Waals surface area contributed by atoms with E-state index in [9.17, 15) is 14.7 Å². The van der Waals surface area contributed by atoms with E-state index in [-0.39, 0.29) is 12.0 Å². The third-order valence-corrected chi connectivity index (χ3v) is 3.89. The minimum Gasteiger partial charge on any atom is -0.480 e. The number of ether oxygens (including phenoxy) is 1. The van der Waals surface area contributed by atoms with Crippen molar-refractivity contribution in [3.63, 3.8) is 0 Å². The van der Waals surface area contributed by atoms with Gasteiger partial charge in [0.1, 0.15) is 12.6 Å². The first-order valence-electron chi connectivity index (χ1n) is 5.84. The lowest BCUT2D eigenvalue weighted by molar-refractivity contribution is -0.144. The normalized spacial score (nSPS) is 31.2. The topological polar surface area (TPSA) is 75.6 Å². The summed E-state index contributed by atoms with van der Waals surface area (Å²) in [4.78, 5) is 22.6. The monoisotopic (exact) mass is 239 g/mol. The number of carbonyl (C=O) groups is 2. The van der Waals surface area contributed by atoms with Crippen molar-refractivity contribution < 1.29 is 19.4 Å². The van der Waals surface area contributed by atoms with Crippen molar-refractivity contribution in [1.82, 2.24) is 5.32 Å². The Labute approximate surface area is 99.8 Å². The van der Waals surface area contributed by atoms with Crippen LogP contribution in [-0.4, -0.2) is 29.8 Å². The van der Waals surface area contributed by atoms with Crippen molar-refractivity contribution in [2.75, 3.05) is 6.61 Å². The molecule has 0 aromatic carbocycles. The Hall–Kier alpha value is -1.52. The summed E-state index contributed by atoms with van der Waals surface area (Å²) in [5, 5.41) is 11.7. The van der Waals surface area contributed by atoms with E-state index < -0.39 is 18.1 Å². The van der Waals surface area contributed by atoms with E-state index in [2.05, 4.69) is 11.9 Å². The molecule has 1 atom stereocenters. The summed E-state index contributed by atoms with van der Waals surface area (Å²) in [6.07, 6.45) is 4.55. The number of carboxylic acids is 1. The molecular formula is C12H17NO4. The van der Waals surface area contributed by atoms with Crippen molar-refractivity contribution in [1.29, 1.82) is 0 Å². The number of alkyl carbamates (subject to hydrolysis) is 1. The van der Waals surface area contributed by atoms with Crippen LogP contribution < -0.4 is 5.32 Å². The van der Waals surface area contributed by atoms with Gasteiger partial charge in [0.25, 0.3) is 0 Å². The molecule has 3 aliphatic carbocycles. The Morgan fingerprint density at radius 2 is 2.29 bits per heavy atom. The number of amides is 1. The average Bonchev–Trinajstić information content (AvgIpc) is 2.81. The van der Waals surface area contributed by atoms with Crippen LogP contribution in [0.15, 0.2) is 12.7 Å². The predicted molar refractivity (Wildman–Crippen MR) is 60.5 cm³/mol. The quantitative estimate of drug-likeness (QED) is 0.713. The van der Waals surface area contributed by atoms with Gasteiger partial charge in [-0.15, -0.1) is 0 Å². The van der Waals surface area contributed by atoms with E-state index >= 15 is 0 Å². The Bertz CT molecular complexity index is 341. The van der Waals surface area contributed by atoms with Crippen LogP contribution in [0, 0.1) is 11.3 Å². The molecule has 5 nitrogen and oxygen atoms in total. The summed E-state index contributed by atoms with van der Waals surface area (Å²) >= 11 is 0. The van der Waals surface area contributed by atoms with Gasteiger partial charge in [-0.05, 0) is 31.6 Å². The highest BCUT2D eigenvalue weighted by Crippen LogP contribution is 2.60. The molecule has 2 N–H and O–H groups in total. The van der Waals surface area contributed by atoms with Gasteiger partial charge in [0.05, 0.1) is 0 Å². The molecule has 1 amide bonds. The van der Waals surface area contributed by atoms with Crippen LogP contribution in [0.1, 0.15) is 25.7 Å². The number of carboxylic acid groups (broad SMARTS) is 1. The smallest absolute Gasteiger partial charge is 0.408 e. The maximum absolute atomic E-state index is 11.4. The zero-order valence-corrected chi connectivity index (χ0v) is 9.65. The second-order valence-corrected chi connectivity index (χ2v) is 4.98. The van der Waals surface area contributed by atoms with E-state index in [4.69, 9.17) is 4.74 Å². The molecule has 94 valence electrons. The van der Waals surface area contributed by atoms with Crippen molar-refractivity contribution in [3.8, 4) is 0 Å². The number of fused-ring (bicyclic) bond motifs is 1. The summed E-state index contributed by atoms with van der Waals surface area (Å²) in [5.41, 5.74) is -0.232. The Morgan fingerprint density at radius 1 is 1.59 bits per heavy atom. The number of rotatable bonds is 5. The standard InChI is InChI=1S/C12H17NO4/c1-2-5-17-11(16)13-9(10(14)15)12-4-3-8(6-12)7-12/h2,8-9H,1,3-7H2,(H,13,16)(H,14,15). The minimum atomic E-state index is -0.971. The molecule has 0 heterocycles. The molecule has 0 aliphatic heterocycles. The van der Waals surface area contributed by atoms with Gasteiger partial charge >= 0.3 is 12.1 Å². The van der Waals surface area contributed by atoms with E-state index in [0.717, 1.165) is 25.7 Å². The van der Waals surface area contributed by atoms with Gasteiger partial charge in [0, 0.05) is 5.41 Å². The first-order valence-corrected chi connectivity index (χ1v) is 5.84. The van der Waals surface area contributed by atoms with Crippen molar-refractivity contribution in [2.24, 2.45) is 11.3 Å². The summed E-state index contributed by atoms with van der Waals surface area (Å²) in [5.74, 6) is -0.316. The predicted octanol–water partition coefficient (Wildman–Crippen LogP) is 1.54. The fourth-order valence-electron chi connectivity index (χ4n) is 3.14. The molecule has 0 spiro atoms. The lowest BCUT2D eigenvalue weighted by Crippen LogP contribution is -2.54. The molecule has 1 unspecified atom stereocenters. The molecule has 0 saturated heterocycles. The lowest BCUT2D eigenvalue weighted by atomic mass is 9.65. The Kier molecular flexibility index (Phi) is 3.09. The van der Waals surface area contributed by atoms with E-state index in [1.807, 2.05) is 0 Å². The van der Waals surface area contributed by atoms with Crippen LogP contribution >= 0.6 is 0 Å². The molecule has 3 fully saturated rings. The van der Waals surface area contributed by atoms with E-state index in [1.54, 1.807) is 0 Å². The number of nitrogens with one attached hydrogen (secondary N) is 1. The second kappa shape index (κ2) is 4.39. The molecule has 0 aromatic rings. The van der Waals surface area contributed by atoms with Crippen LogP contribution in [0.3, 0.4) is 0 Å². The maximum atomic E-state index is 11.4. The average molecular weight is 239 g/mol. The number of hydrogen-bond acceptors (Lipinski definition) is 3. The molecule has 3 rings (SSSR count). The van der Waals surface area contributed by atoms with Crippen LogP contribution in [0.4, 0.5) is 4.79 Å². The van der Waals surface area contributed by atoms with Gasteiger partial charge < -0.3 is 15.2 Å². The van der Waals surface area contributed by atoms with Crippen molar-refractivity contribution in [2.45, 2.75) is 31.7 Å². The second-order valence-electron chi connectivity index (χ2n) is 4.98. The molecule has 0 aromatic heterocycles. The van der Waals surface area contributed by atoms with Gasteiger partial charge in [0.2, 0.25) is 0 Å². The Morgan fingerprint density at radius 3 is 2.76 bits per heavy atom. The molecule has 0 radical (unpaired) electrons. The van der Waals surface area contributed by atoms with E-state index in [1.165, 1.54) is 6.08 Å². The number of carbonyl (C=O) groups excluding carboxylic acids is 1. The lowest BCUT2D eigenvalue weighted by Gasteiger charge is -2.42. The van der Waals surface area contributed by atoms with E-state index in [0.29, 0.717) is 5.92 Å². The maximum Gasteiger partial charge on any atom is 0.408 e. The summed E-state index contributed by atoms with van der Waals surface area (Å²) < 4.78 is 4.76. The van der Waals surface area contributed by atoms with Crippen LogP contribution in [-0.2, 0) is 9.53 Å². The van der Waals surface area contributed by atoms with Crippen molar-refractivity contribution in [3.05, 3.63) is 12.7 Å². The van der Waals surface area contributed by atoms with Gasteiger partial charge in [-0.2, -0.15) is 0 Å². The molecule has 3 aliphatic rings. The molecular weight excluding hydrogens is 222 g/mol. The first-order chi connectivity index (χ1) is 8.07. The third-order valence-electron chi connectivity index (χ3n) is 3.89. The third kappa shape index (κ3) is 2.14. The number of hydrogen-bond donors (Lipinski definition) is 2. The fraction of sp³-hybridized carbons (Fsp3) is 0.667. The zero-order chi connectivity index (χ0) is 12.5. The zero-order valence-electron chi connectivity index (χ0n) is 9.65. The highest BCUT2D eigenvalue weighted by Gasteiger charge is 2.57.